The molecule has 2 aromatic carbocycles. The van der Waals surface area contributed by atoms with Gasteiger partial charge in [-0.05, 0) is 63.2 Å². The number of likely N-dealkylation sites (tertiary alicyclic amines) is 1. The summed E-state index contributed by atoms with van der Waals surface area (Å²) in [6.45, 7) is 2.51. The van der Waals surface area contributed by atoms with E-state index in [-0.39, 0.29) is 5.69 Å². The Morgan fingerprint density at radius 3 is 2.30 bits per heavy atom. The molecule has 2 aliphatic heterocycles. The van der Waals surface area contributed by atoms with Gasteiger partial charge >= 0.3 is 0 Å². The number of hydrogen-bond acceptors (Lipinski definition) is 4. The van der Waals surface area contributed by atoms with Crippen LogP contribution in [-0.4, -0.2) is 43.5 Å². The number of piperidine rings is 1. The summed E-state index contributed by atoms with van der Waals surface area (Å²) in [6, 6.07) is 10.6. The molecule has 5 nitrogen and oxygen atoms in total. The Kier molecular flexibility index (Phi) is 4.66. The molecule has 0 bridgehead atoms. The summed E-state index contributed by atoms with van der Waals surface area (Å²) in [6.07, 6.45) is 2.06. The van der Waals surface area contributed by atoms with E-state index in [0.29, 0.717) is 29.4 Å². The zero-order valence-corrected chi connectivity index (χ0v) is 15.2. The standard InChI is InChI=1S/C21H21FN2O3/c1-23-10-8-14(9-11-23)13-27-19-7-6-15(22)12-18(19)24-20(25)16-4-2-3-5-17(16)21(24)26/h2-7,12,14H,8-11,13H2,1H3. The highest BCUT2D eigenvalue weighted by Crippen LogP contribution is 2.36. The van der Waals surface area contributed by atoms with E-state index < -0.39 is 17.6 Å². The van der Waals surface area contributed by atoms with E-state index in [2.05, 4.69) is 11.9 Å². The molecular weight excluding hydrogens is 347 g/mol. The van der Waals surface area contributed by atoms with E-state index in [1.807, 2.05) is 0 Å². The molecule has 0 saturated carbocycles. The van der Waals surface area contributed by atoms with Crippen LogP contribution < -0.4 is 9.64 Å². The summed E-state index contributed by atoms with van der Waals surface area (Å²) >= 11 is 0. The van der Waals surface area contributed by atoms with E-state index in [1.165, 1.54) is 18.2 Å². The van der Waals surface area contributed by atoms with Crippen molar-refractivity contribution in [3.63, 3.8) is 0 Å². The third-order valence-electron chi connectivity index (χ3n) is 5.27. The lowest BCUT2D eigenvalue weighted by molar-refractivity contribution is 0.0924. The zero-order chi connectivity index (χ0) is 19.0. The Balaban J connectivity index is 1.59. The van der Waals surface area contributed by atoms with E-state index in [9.17, 15) is 14.0 Å². The van der Waals surface area contributed by atoms with Crippen molar-refractivity contribution in [2.75, 3.05) is 31.6 Å². The number of imide groups is 1. The fourth-order valence-corrected chi connectivity index (χ4v) is 3.63. The van der Waals surface area contributed by atoms with Crippen LogP contribution in [0.15, 0.2) is 42.5 Å². The molecule has 0 unspecified atom stereocenters. The molecule has 0 aliphatic carbocycles. The fraction of sp³-hybridized carbons (Fsp3) is 0.333. The quantitative estimate of drug-likeness (QED) is 0.777. The lowest BCUT2D eigenvalue weighted by atomic mass is 9.98. The molecule has 2 amide bonds. The van der Waals surface area contributed by atoms with Crippen LogP contribution in [0.4, 0.5) is 10.1 Å². The summed E-state index contributed by atoms with van der Waals surface area (Å²) in [4.78, 5) is 28.8. The number of carbonyl (C=O) groups is 2. The van der Waals surface area contributed by atoms with Crippen LogP contribution in [-0.2, 0) is 0 Å². The normalized spacial score (nSPS) is 18.1. The van der Waals surface area contributed by atoms with E-state index in [1.54, 1.807) is 24.3 Å². The van der Waals surface area contributed by atoms with Crippen LogP contribution in [0.2, 0.25) is 0 Å². The number of hydrogen-bond donors (Lipinski definition) is 0. The van der Waals surface area contributed by atoms with E-state index in [0.717, 1.165) is 30.8 Å². The molecule has 2 aliphatic rings. The molecule has 0 radical (unpaired) electrons. The van der Waals surface area contributed by atoms with Crippen molar-refractivity contribution in [3.8, 4) is 5.75 Å². The molecule has 0 atom stereocenters. The Bertz CT molecular complexity index is 856. The molecule has 1 saturated heterocycles. The highest BCUT2D eigenvalue weighted by atomic mass is 19.1. The molecule has 6 heteroatoms. The molecule has 4 rings (SSSR count). The second-order valence-electron chi connectivity index (χ2n) is 7.16. The van der Waals surface area contributed by atoms with Gasteiger partial charge in [0, 0.05) is 6.07 Å². The van der Waals surface area contributed by atoms with Crippen molar-refractivity contribution in [2.45, 2.75) is 12.8 Å². The van der Waals surface area contributed by atoms with Crippen molar-refractivity contribution in [1.29, 1.82) is 0 Å². The maximum Gasteiger partial charge on any atom is 0.266 e. The summed E-state index contributed by atoms with van der Waals surface area (Å²) in [5.74, 6) is -0.671. The third kappa shape index (κ3) is 3.32. The molecule has 0 aromatic heterocycles. The van der Waals surface area contributed by atoms with Crippen LogP contribution >= 0.6 is 0 Å². The number of nitrogens with zero attached hydrogens (tertiary/aromatic N) is 2. The molecule has 0 spiro atoms. The molecule has 27 heavy (non-hydrogen) atoms. The maximum atomic E-state index is 13.9. The van der Waals surface area contributed by atoms with Gasteiger partial charge in [0.2, 0.25) is 0 Å². The molecule has 140 valence electrons. The summed E-state index contributed by atoms with van der Waals surface area (Å²) < 4.78 is 19.9. The number of amides is 2. The average Bonchev–Trinajstić information content (AvgIpc) is 2.93. The first kappa shape index (κ1) is 17.7. The molecule has 2 heterocycles. The summed E-state index contributed by atoms with van der Waals surface area (Å²) in [5, 5.41) is 0. The number of rotatable bonds is 4. The SMILES string of the molecule is CN1CCC(COc2ccc(F)cc2N2C(=O)c3ccccc3C2=O)CC1. The number of ether oxygens (including phenoxy) is 1. The number of anilines is 1. The number of halogens is 1. The van der Waals surface area contributed by atoms with Gasteiger partial charge in [-0.3, -0.25) is 9.59 Å². The van der Waals surface area contributed by atoms with Gasteiger partial charge in [-0.1, -0.05) is 12.1 Å². The third-order valence-corrected chi connectivity index (χ3v) is 5.27. The summed E-state index contributed by atoms with van der Waals surface area (Å²) in [7, 11) is 2.09. The second-order valence-corrected chi connectivity index (χ2v) is 7.16. The molecule has 1 fully saturated rings. The van der Waals surface area contributed by atoms with Crippen molar-refractivity contribution in [1.82, 2.24) is 4.90 Å². The predicted molar refractivity (Wildman–Crippen MR) is 99.7 cm³/mol. The lowest BCUT2D eigenvalue weighted by Crippen LogP contribution is -2.33. The van der Waals surface area contributed by atoms with Crippen LogP contribution in [0.25, 0.3) is 0 Å². The number of fused-ring (bicyclic) bond motifs is 1. The van der Waals surface area contributed by atoms with Crippen LogP contribution in [0.5, 0.6) is 5.75 Å². The smallest absolute Gasteiger partial charge is 0.266 e. The fourth-order valence-electron chi connectivity index (χ4n) is 3.63. The highest BCUT2D eigenvalue weighted by molar-refractivity contribution is 6.34. The van der Waals surface area contributed by atoms with Gasteiger partial charge in [-0.25, -0.2) is 9.29 Å². The number of benzene rings is 2. The van der Waals surface area contributed by atoms with Crippen LogP contribution in [0.3, 0.4) is 0 Å². The maximum absolute atomic E-state index is 13.9. The Hall–Kier alpha value is -2.73. The van der Waals surface area contributed by atoms with Crippen molar-refractivity contribution in [3.05, 3.63) is 59.4 Å². The van der Waals surface area contributed by atoms with E-state index in [4.69, 9.17) is 4.74 Å². The lowest BCUT2D eigenvalue weighted by Gasteiger charge is -2.29. The monoisotopic (exact) mass is 368 g/mol. The van der Waals surface area contributed by atoms with Gasteiger partial charge in [0.1, 0.15) is 11.6 Å². The van der Waals surface area contributed by atoms with Crippen molar-refractivity contribution >= 4 is 17.5 Å². The topological polar surface area (TPSA) is 49.9 Å². The number of carbonyl (C=O) groups excluding carboxylic acids is 2. The van der Waals surface area contributed by atoms with Gasteiger partial charge in [0.15, 0.2) is 0 Å². The Labute approximate surface area is 157 Å². The first-order valence-corrected chi connectivity index (χ1v) is 9.13. The first-order chi connectivity index (χ1) is 13.0. The van der Waals surface area contributed by atoms with E-state index >= 15 is 0 Å². The Morgan fingerprint density at radius 1 is 1.04 bits per heavy atom. The van der Waals surface area contributed by atoms with Gasteiger partial charge < -0.3 is 9.64 Å². The predicted octanol–water partition coefficient (Wildman–Crippen LogP) is 3.35. The van der Waals surface area contributed by atoms with Crippen molar-refractivity contribution in [2.24, 2.45) is 5.92 Å². The van der Waals surface area contributed by atoms with Gasteiger partial charge in [0.05, 0.1) is 23.4 Å². The minimum absolute atomic E-state index is 0.161. The Morgan fingerprint density at radius 2 is 1.67 bits per heavy atom. The highest BCUT2D eigenvalue weighted by Gasteiger charge is 2.38. The van der Waals surface area contributed by atoms with Crippen molar-refractivity contribution < 1.29 is 18.7 Å². The van der Waals surface area contributed by atoms with Crippen LogP contribution in [0, 0.1) is 11.7 Å². The van der Waals surface area contributed by atoms with Gasteiger partial charge in [-0.2, -0.15) is 0 Å². The molecular formula is C21H21FN2O3. The molecule has 2 aromatic rings. The summed E-state index contributed by atoms with van der Waals surface area (Å²) in [5.41, 5.74) is 0.815. The van der Waals surface area contributed by atoms with Gasteiger partial charge in [-0.15, -0.1) is 0 Å². The molecule has 0 N–H and O–H groups in total. The minimum Gasteiger partial charge on any atom is -0.491 e. The zero-order valence-electron chi connectivity index (χ0n) is 15.2. The average molecular weight is 368 g/mol. The second kappa shape index (κ2) is 7.12. The van der Waals surface area contributed by atoms with Crippen LogP contribution in [0.1, 0.15) is 33.6 Å². The van der Waals surface area contributed by atoms with Gasteiger partial charge in [0.25, 0.3) is 11.8 Å². The first-order valence-electron chi connectivity index (χ1n) is 9.13. The largest absolute Gasteiger partial charge is 0.491 e. The minimum atomic E-state index is -0.520.